The van der Waals surface area contributed by atoms with Gasteiger partial charge in [0.1, 0.15) is 11.4 Å². The first kappa shape index (κ1) is 23.4. The number of ether oxygens (including phenoxy) is 2. The van der Waals surface area contributed by atoms with Crippen LogP contribution < -0.4 is 4.90 Å². The molecular weight excluding hydrogens is 373 g/mol. The Morgan fingerprint density at radius 3 is 2.24 bits per heavy atom. The summed E-state index contributed by atoms with van der Waals surface area (Å²) >= 11 is 0. The lowest BCUT2D eigenvalue weighted by molar-refractivity contribution is 0.0138. The molecule has 0 saturated carbocycles. The highest BCUT2D eigenvalue weighted by Gasteiger charge is 2.26. The SMILES string of the molecule is CC.CC(C)(C)OC(=O)N1CCN(Cc2ccc(N3CCOCC3)cc2F)CC1. The molecule has 7 heteroatoms. The van der Waals surface area contributed by atoms with Crippen molar-refractivity contribution in [3.8, 4) is 0 Å². The number of halogens is 1. The number of carbonyl (C=O) groups is 1. The van der Waals surface area contributed by atoms with E-state index in [1.165, 1.54) is 0 Å². The molecule has 2 heterocycles. The lowest BCUT2D eigenvalue weighted by Gasteiger charge is -2.35. The van der Waals surface area contributed by atoms with Crippen molar-refractivity contribution in [2.75, 3.05) is 57.4 Å². The molecule has 0 unspecified atom stereocenters. The van der Waals surface area contributed by atoms with E-state index < -0.39 is 5.60 Å². The minimum atomic E-state index is -0.487. The maximum atomic E-state index is 14.6. The molecule has 164 valence electrons. The average Bonchev–Trinajstić information content (AvgIpc) is 2.71. The van der Waals surface area contributed by atoms with Crippen molar-refractivity contribution in [3.05, 3.63) is 29.6 Å². The van der Waals surface area contributed by atoms with Gasteiger partial charge in [-0.2, -0.15) is 0 Å². The molecular formula is C22H36FN3O3. The van der Waals surface area contributed by atoms with E-state index in [1.54, 1.807) is 11.0 Å². The predicted octanol–water partition coefficient (Wildman–Crippen LogP) is 3.74. The summed E-state index contributed by atoms with van der Waals surface area (Å²) in [6.07, 6.45) is -0.275. The molecule has 0 aliphatic carbocycles. The maximum Gasteiger partial charge on any atom is 0.410 e. The number of piperazine rings is 1. The second kappa shape index (κ2) is 10.8. The molecule has 0 atom stereocenters. The largest absolute Gasteiger partial charge is 0.444 e. The summed E-state index contributed by atoms with van der Waals surface area (Å²) in [5.41, 5.74) is 1.12. The van der Waals surface area contributed by atoms with Crippen LogP contribution in [0.5, 0.6) is 0 Å². The van der Waals surface area contributed by atoms with Crippen molar-refractivity contribution in [2.45, 2.75) is 46.8 Å². The summed E-state index contributed by atoms with van der Waals surface area (Å²) in [6, 6.07) is 5.48. The van der Waals surface area contributed by atoms with Crippen LogP contribution in [-0.4, -0.2) is 74.0 Å². The summed E-state index contributed by atoms with van der Waals surface area (Å²) in [5, 5.41) is 0. The zero-order valence-corrected chi connectivity index (χ0v) is 18.5. The number of amides is 1. The van der Waals surface area contributed by atoms with E-state index in [-0.39, 0.29) is 11.9 Å². The van der Waals surface area contributed by atoms with Gasteiger partial charge in [0.15, 0.2) is 0 Å². The van der Waals surface area contributed by atoms with Gasteiger partial charge < -0.3 is 19.3 Å². The number of rotatable bonds is 3. The fourth-order valence-electron chi connectivity index (χ4n) is 3.34. The summed E-state index contributed by atoms with van der Waals surface area (Å²) < 4.78 is 25.3. The molecule has 0 radical (unpaired) electrons. The van der Waals surface area contributed by atoms with Crippen LogP contribution in [0.3, 0.4) is 0 Å². The summed E-state index contributed by atoms with van der Waals surface area (Å²) in [6.45, 7) is 15.7. The molecule has 0 bridgehead atoms. The maximum absolute atomic E-state index is 14.6. The van der Waals surface area contributed by atoms with Gasteiger partial charge in [-0.1, -0.05) is 19.9 Å². The van der Waals surface area contributed by atoms with Crippen LogP contribution in [0.2, 0.25) is 0 Å². The summed E-state index contributed by atoms with van der Waals surface area (Å²) in [7, 11) is 0. The molecule has 3 rings (SSSR count). The first-order valence-corrected chi connectivity index (χ1v) is 10.6. The third-order valence-corrected chi connectivity index (χ3v) is 4.83. The van der Waals surface area contributed by atoms with Crippen molar-refractivity contribution in [2.24, 2.45) is 0 Å². The Labute approximate surface area is 174 Å². The molecule has 1 amide bonds. The molecule has 1 aromatic rings. The number of morpholine rings is 1. The van der Waals surface area contributed by atoms with E-state index in [0.717, 1.165) is 18.8 Å². The third-order valence-electron chi connectivity index (χ3n) is 4.83. The zero-order chi connectivity index (χ0) is 21.4. The van der Waals surface area contributed by atoms with Crippen LogP contribution >= 0.6 is 0 Å². The standard InChI is InChI=1S/C20H30FN3O3.C2H6/c1-20(2,3)27-19(25)24-8-6-22(7-9-24)15-16-4-5-17(14-18(16)21)23-10-12-26-13-11-23;1-2/h4-5,14H,6-13,15H2,1-3H3;1-2H3. The molecule has 1 aromatic carbocycles. The Bertz CT molecular complexity index is 649. The van der Waals surface area contributed by atoms with Crippen molar-refractivity contribution >= 4 is 11.8 Å². The van der Waals surface area contributed by atoms with Crippen molar-refractivity contribution < 1.29 is 18.7 Å². The molecule has 2 aliphatic rings. The highest BCUT2D eigenvalue weighted by atomic mass is 19.1. The van der Waals surface area contributed by atoms with Gasteiger partial charge in [-0.25, -0.2) is 9.18 Å². The van der Waals surface area contributed by atoms with E-state index in [4.69, 9.17) is 9.47 Å². The third kappa shape index (κ3) is 7.16. The second-order valence-electron chi connectivity index (χ2n) is 8.12. The number of hydrogen-bond donors (Lipinski definition) is 0. The van der Waals surface area contributed by atoms with Crippen LogP contribution in [0.15, 0.2) is 18.2 Å². The van der Waals surface area contributed by atoms with Crippen LogP contribution in [0.25, 0.3) is 0 Å². The van der Waals surface area contributed by atoms with Gasteiger partial charge in [0.25, 0.3) is 0 Å². The van der Waals surface area contributed by atoms with Crippen molar-refractivity contribution in [1.29, 1.82) is 0 Å². The van der Waals surface area contributed by atoms with Crippen molar-refractivity contribution in [3.63, 3.8) is 0 Å². The van der Waals surface area contributed by atoms with Crippen LogP contribution in [0, 0.1) is 5.82 Å². The van der Waals surface area contributed by atoms with Crippen LogP contribution in [0.1, 0.15) is 40.2 Å². The molecule has 0 spiro atoms. The monoisotopic (exact) mass is 409 g/mol. The Balaban J connectivity index is 0.00000145. The molecule has 2 saturated heterocycles. The topological polar surface area (TPSA) is 45.2 Å². The summed E-state index contributed by atoms with van der Waals surface area (Å²) in [4.78, 5) is 18.2. The fraction of sp³-hybridized carbons (Fsp3) is 0.682. The first-order valence-electron chi connectivity index (χ1n) is 10.6. The smallest absolute Gasteiger partial charge is 0.410 e. The quantitative estimate of drug-likeness (QED) is 0.761. The average molecular weight is 410 g/mol. The first-order chi connectivity index (χ1) is 13.8. The molecule has 0 N–H and O–H groups in total. The Morgan fingerprint density at radius 2 is 1.69 bits per heavy atom. The lowest BCUT2D eigenvalue weighted by atomic mass is 10.1. The molecule has 6 nitrogen and oxygen atoms in total. The van der Waals surface area contributed by atoms with E-state index >= 15 is 0 Å². The number of nitrogens with zero attached hydrogens (tertiary/aromatic N) is 3. The minimum absolute atomic E-state index is 0.173. The van der Waals surface area contributed by atoms with Gasteiger partial charge in [0.05, 0.1) is 13.2 Å². The Hall–Kier alpha value is -1.86. The number of benzene rings is 1. The van der Waals surface area contributed by atoms with E-state index in [1.807, 2.05) is 46.8 Å². The van der Waals surface area contributed by atoms with Gasteiger partial charge in [0.2, 0.25) is 0 Å². The van der Waals surface area contributed by atoms with E-state index in [0.29, 0.717) is 51.5 Å². The zero-order valence-electron chi connectivity index (χ0n) is 18.5. The highest BCUT2D eigenvalue weighted by molar-refractivity contribution is 5.68. The van der Waals surface area contributed by atoms with Gasteiger partial charge in [-0.15, -0.1) is 0 Å². The van der Waals surface area contributed by atoms with Gasteiger partial charge >= 0.3 is 6.09 Å². The summed E-state index contributed by atoms with van der Waals surface area (Å²) in [5.74, 6) is -0.173. The number of anilines is 1. The normalized spacial score (nSPS) is 18.1. The molecule has 29 heavy (non-hydrogen) atoms. The fourth-order valence-corrected chi connectivity index (χ4v) is 3.34. The minimum Gasteiger partial charge on any atom is -0.444 e. The second-order valence-corrected chi connectivity index (χ2v) is 8.12. The van der Waals surface area contributed by atoms with E-state index in [9.17, 15) is 9.18 Å². The Morgan fingerprint density at radius 1 is 1.07 bits per heavy atom. The highest BCUT2D eigenvalue weighted by Crippen LogP contribution is 2.21. The van der Waals surface area contributed by atoms with E-state index in [2.05, 4.69) is 9.80 Å². The van der Waals surface area contributed by atoms with Crippen LogP contribution in [0.4, 0.5) is 14.9 Å². The van der Waals surface area contributed by atoms with Gasteiger partial charge in [-0.3, -0.25) is 4.90 Å². The van der Waals surface area contributed by atoms with Gasteiger partial charge in [0, 0.05) is 57.1 Å². The van der Waals surface area contributed by atoms with Gasteiger partial charge in [-0.05, 0) is 32.9 Å². The Kier molecular flexibility index (Phi) is 8.71. The lowest BCUT2D eigenvalue weighted by Crippen LogP contribution is -2.49. The predicted molar refractivity (Wildman–Crippen MR) is 114 cm³/mol. The molecule has 2 aliphatic heterocycles. The number of hydrogen-bond acceptors (Lipinski definition) is 5. The molecule has 0 aromatic heterocycles. The van der Waals surface area contributed by atoms with Crippen molar-refractivity contribution in [1.82, 2.24) is 9.80 Å². The number of carbonyl (C=O) groups excluding carboxylic acids is 1. The molecule has 2 fully saturated rings. The van der Waals surface area contributed by atoms with Crippen LogP contribution in [-0.2, 0) is 16.0 Å².